The number of likely N-dealkylation sites (N-methyl/N-ethyl adjacent to an activating group) is 1. The van der Waals surface area contributed by atoms with Gasteiger partial charge in [-0.3, -0.25) is 9.88 Å². The van der Waals surface area contributed by atoms with Gasteiger partial charge in [0.15, 0.2) is 0 Å². The summed E-state index contributed by atoms with van der Waals surface area (Å²) in [4.78, 5) is 26.9. The number of fused-ring (bicyclic) bond motifs is 1. The van der Waals surface area contributed by atoms with Crippen LogP contribution in [0.3, 0.4) is 0 Å². The van der Waals surface area contributed by atoms with E-state index in [4.69, 9.17) is 4.98 Å². The normalized spacial score (nSPS) is 21.2. The molecular weight excluding hydrogens is 454 g/mol. The van der Waals surface area contributed by atoms with Gasteiger partial charge in [-0.2, -0.15) is 0 Å². The van der Waals surface area contributed by atoms with Gasteiger partial charge >= 0.3 is 6.03 Å². The summed E-state index contributed by atoms with van der Waals surface area (Å²) in [7, 11) is 2.20. The van der Waals surface area contributed by atoms with Crippen LogP contribution in [0.4, 0.5) is 4.79 Å². The Bertz CT molecular complexity index is 1140. The SMILES string of the molecule is CC(C)NC(=O)N1CC=C(C2=CCc3ncc(-c4ccc(CN5CCN(C)CC5)s4)cc32)C(C)C1. The molecule has 0 saturated carbocycles. The number of rotatable bonds is 5. The molecule has 0 aromatic carbocycles. The van der Waals surface area contributed by atoms with Crippen LogP contribution in [0.1, 0.15) is 36.9 Å². The Morgan fingerprint density at radius 2 is 2.00 bits per heavy atom. The molecule has 2 aromatic rings. The van der Waals surface area contributed by atoms with Crippen LogP contribution in [0.25, 0.3) is 16.0 Å². The molecule has 35 heavy (non-hydrogen) atoms. The number of aromatic nitrogens is 1. The summed E-state index contributed by atoms with van der Waals surface area (Å²) in [6, 6.07) is 7.04. The number of amides is 2. The molecule has 1 fully saturated rings. The van der Waals surface area contributed by atoms with E-state index >= 15 is 0 Å². The van der Waals surface area contributed by atoms with E-state index in [0.29, 0.717) is 12.5 Å². The average Bonchev–Trinajstić information content (AvgIpc) is 3.47. The molecule has 2 amide bonds. The van der Waals surface area contributed by atoms with Crippen LogP contribution in [0.5, 0.6) is 0 Å². The molecule has 1 unspecified atom stereocenters. The van der Waals surface area contributed by atoms with E-state index < -0.39 is 0 Å². The molecule has 0 spiro atoms. The average molecular weight is 492 g/mol. The Kier molecular flexibility index (Phi) is 7.09. The van der Waals surface area contributed by atoms with Crippen LogP contribution in [0.15, 0.2) is 42.1 Å². The van der Waals surface area contributed by atoms with E-state index in [1.54, 1.807) is 0 Å². The Balaban J connectivity index is 1.31. The number of hydrogen-bond donors (Lipinski definition) is 1. The molecule has 2 aromatic heterocycles. The summed E-state index contributed by atoms with van der Waals surface area (Å²) in [5.74, 6) is 0.291. The van der Waals surface area contributed by atoms with Gasteiger partial charge < -0.3 is 15.1 Å². The van der Waals surface area contributed by atoms with Crippen LogP contribution in [-0.2, 0) is 13.0 Å². The van der Waals surface area contributed by atoms with Gasteiger partial charge in [-0.05, 0) is 56.2 Å². The maximum Gasteiger partial charge on any atom is 0.317 e. The van der Waals surface area contributed by atoms with Gasteiger partial charge in [-0.25, -0.2) is 4.79 Å². The monoisotopic (exact) mass is 491 g/mol. The first kappa shape index (κ1) is 24.2. The number of carbonyl (C=O) groups excluding carboxylic acids is 1. The van der Waals surface area contributed by atoms with Crippen LogP contribution in [0, 0.1) is 5.92 Å². The third-order valence-electron chi connectivity index (χ3n) is 7.25. The number of urea groups is 1. The molecule has 3 aliphatic rings. The van der Waals surface area contributed by atoms with Crippen LogP contribution in [-0.4, -0.2) is 78.1 Å². The fourth-order valence-electron chi connectivity index (χ4n) is 5.24. The van der Waals surface area contributed by atoms with Crippen LogP contribution >= 0.6 is 11.3 Å². The minimum absolute atomic E-state index is 0.0250. The van der Waals surface area contributed by atoms with Crippen molar-refractivity contribution in [3.05, 3.63) is 58.3 Å². The number of hydrogen-bond acceptors (Lipinski definition) is 5. The Hall–Kier alpha value is -2.48. The number of carbonyl (C=O) groups is 1. The second kappa shape index (κ2) is 10.2. The molecule has 7 heteroatoms. The summed E-state index contributed by atoms with van der Waals surface area (Å²) in [6.07, 6.45) is 7.48. The second-order valence-electron chi connectivity index (χ2n) is 10.5. The number of nitrogens with one attached hydrogen (secondary N) is 1. The number of thiophene rings is 1. The van der Waals surface area contributed by atoms with Crippen molar-refractivity contribution in [2.75, 3.05) is 46.3 Å². The van der Waals surface area contributed by atoms with E-state index in [2.05, 4.69) is 59.4 Å². The van der Waals surface area contributed by atoms with Gasteiger partial charge in [-0.1, -0.05) is 19.1 Å². The number of piperazine rings is 1. The molecule has 0 bridgehead atoms. The Morgan fingerprint density at radius 3 is 2.74 bits per heavy atom. The highest BCUT2D eigenvalue weighted by molar-refractivity contribution is 7.15. The fourth-order valence-corrected chi connectivity index (χ4v) is 6.27. The van der Waals surface area contributed by atoms with Gasteiger partial charge in [0.25, 0.3) is 0 Å². The lowest BCUT2D eigenvalue weighted by Crippen LogP contribution is -2.46. The van der Waals surface area contributed by atoms with Gasteiger partial charge in [0, 0.05) is 85.4 Å². The standard InChI is InChI=1S/C28H37N5OS/c1-19(2)30-28(34)33-10-9-23(20(3)17-33)24-6-7-26-25(24)15-21(16-29-26)27-8-5-22(35-27)18-32-13-11-31(4)12-14-32/h5-6,8-9,15-16,19-20H,7,10-14,17-18H2,1-4H3,(H,30,34). The predicted octanol–water partition coefficient (Wildman–Crippen LogP) is 4.49. The Morgan fingerprint density at radius 1 is 1.20 bits per heavy atom. The van der Waals surface area contributed by atoms with E-state index in [1.807, 2.05) is 36.3 Å². The van der Waals surface area contributed by atoms with Gasteiger partial charge in [0.05, 0.1) is 5.69 Å². The smallest absolute Gasteiger partial charge is 0.317 e. The van der Waals surface area contributed by atoms with Crippen molar-refractivity contribution in [2.24, 2.45) is 5.92 Å². The minimum atomic E-state index is 0.0250. The maximum absolute atomic E-state index is 12.5. The summed E-state index contributed by atoms with van der Waals surface area (Å²) in [5, 5.41) is 3.02. The molecule has 6 nitrogen and oxygen atoms in total. The number of nitrogens with zero attached hydrogens (tertiary/aromatic N) is 4. The predicted molar refractivity (Wildman–Crippen MR) is 144 cm³/mol. The first-order chi connectivity index (χ1) is 16.9. The first-order valence-corrected chi connectivity index (χ1v) is 13.6. The lowest BCUT2D eigenvalue weighted by molar-refractivity contribution is 0.149. The first-order valence-electron chi connectivity index (χ1n) is 12.8. The van der Waals surface area contributed by atoms with Crippen LogP contribution in [0.2, 0.25) is 0 Å². The van der Waals surface area contributed by atoms with Crippen molar-refractivity contribution in [3.8, 4) is 10.4 Å². The quantitative estimate of drug-likeness (QED) is 0.670. The third kappa shape index (κ3) is 5.37. The molecule has 1 saturated heterocycles. The topological polar surface area (TPSA) is 51.7 Å². The van der Waals surface area contributed by atoms with Crippen molar-refractivity contribution >= 4 is 22.9 Å². The number of allylic oxidation sites excluding steroid dienone is 2. The van der Waals surface area contributed by atoms with E-state index in [0.717, 1.165) is 51.4 Å². The molecule has 186 valence electrons. The molecule has 4 heterocycles. The van der Waals surface area contributed by atoms with E-state index in [9.17, 15) is 4.79 Å². The van der Waals surface area contributed by atoms with E-state index in [-0.39, 0.29) is 12.1 Å². The van der Waals surface area contributed by atoms with E-state index in [1.165, 1.54) is 32.0 Å². The molecule has 1 atom stereocenters. The van der Waals surface area contributed by atoms with Gasteiger partial charge in [-0.15, -0.1) is 11.3 Å². The molecule has 1 N–H and O–H groups in total. The van der Waals surface area contributed by atoms with Gasteiger partial charge in [0.1, 0.15) is 0 Å². The van der Waals surface area contributed by atoms with Crippen molar-refractivity contribution in [1.29, 1.82) is 0 Å². The van der Waals surface area contributed by atoms with Crippen molar-refractivity contribution in [1.82, 2.24) is 25.0 Å². The number of pyridine rings is 1. The zero-order valence-electron chi connectivity index (χ0n) is 21.4. The molecule has 0 radical (unpaired) electrons. The van der Waals surface area contributed by atoms with Crippen molar-refractivity contribution in [3.63, 3.8) is 0 Å². The Labute approximate surface area is 213 Å². The fraction of sp³-hybridized carbons (Fsp3) is 0.500. The second-order valence-corrected chi connectivity index (χ2v) is 11.6. The van der Waals surface area contributed by atoms with Crippen LogP contribution < -0.4 is 5.32 Å². The van der Waals surface area contributed by atoms with Crippen molar-refractivity contribution in [2.45, 2.75) is 39.8 Å². The minimum Gasteiger partial charge on any atom is -0.336 e. The lowest BCUT2D eigenvalue weighted by atomic mass is 9.87. The molecule has 1 aliphatic carbocycles. The molecule has 5 rings (SSSR count). The van der Waals surface area contributed by atoms with Gasteiger partial charge in [0.2, 0.25) is 0 Å². The summed E-state index contributed by atoms with van der Waals surface area (Å²) in [5.41, 5.74) is 6.27. The third-order valence-corrected chi connectivity index (χ3v) is 8.37. The zero-order valence-corrected chi connectivity index (χ0v) is 22.2. The van der Waals surface area contributed by atoms with Crippen molar-refractivity contribution < 1.29 is 4.79 Å². The highest BCUT2D eigenvalue weighted by Crippen LogP contribution is 2.39. The summed E-state index contributed by atoms with van der Waals surface area (Å²) < 4.78 is 0. The lowest BCUT2D eigenvalue weighted by Gasteiger charge is -2.32. The summed E-state index contributed by atoms with van der Waals surface area (Å²) in [6.45, 7) is 13.2. The molecule has 2 aliphatic heterocycles. The summed E-state index contributed by atoms with van der Waals surface area (Å²) >= 11 is 1.89. The highest BCUT2D eigenvalue weighted by Gasteiger charge is 2.28. The largest absolute Gasteiger partial charge is 0.336 e. The zero-order chi connectivity index (χ0) is 24.5. The molecular formula is C28H37N5OS. The maximum atomic E-state index is 12.5. The highest BCUT2D eigenvalue weighted by atomic mass is 32.1.